The predicted octanol–water partition coefficient (Wildman–Crippen LogP) is 6.17. The zero-order valence-electron chi connectivity index (χ0n) is 20.4. The molecule has 2 aliphatic carbocycles. The van der Waals surface area contributed by atoms with Crippen LogP contribution < -0.4 is 4.74 Å². The number of hydrogen-bond acceptors (Lipinski definition) is 5. The van der Waals surface area contributed by atoms with Crippen LogP contribution in [0.25, 0.3) is 0 Å². The Bertz CT molecular complexity index is 1090. The van der Waals surface area contributed by atoms with Gasteiger partial charge in [0.25, 0.3) is 0 Å². The minimum absolute atomic E-state index is 0.00582. The van der Waals surface area contributed by atoms with Gasteiger partial charge < -0.3 is 14.4 Å². The molecular weight excluding hydrogens is 444 g/mol. The lowest BCUT2D eigenvalue weighted by atomic mass is 9.52. The number of unbranched alkanes of at least 4 members (excludes halogenated alkanes) is 1. The fourth-order valence-electron chi connectivity index (χ4n) is 6.64. The molecule has 1 saturated heterocycles. The summed E-state index contributed by atoms with van der Waals surface area (Å²) in [7, 11) is 0. The molecule has 1 amide bonds. The summed E-state index contributed by atoms with van der Waals surface area (Å²) in [5.74, 6) is 0.732. The third-order valence-corrected chi connectivity index (χ3v) is 8.30. The van der Waals surface area contributed by atoms with Crippen molar-refractivity contribution in [2.75, 3.05) is 13.2 Å². The van der Waals surface area contributed by atoms with Crippen LogP contribution >= 0.6 is 0 Å². The second-order valence-corrected chi connectivity index (χ2v) is 10.2. The molecule has 2 bridgehead atoms. The number of ether oxygens (including phenoxy) is 2. The zero-order chi connectivity index (χ0) is 24.4. The Hall–Kier alpha value is -3.09. The van der Waals surface area contributed by atoms with Gasteiger partial charge in [-0.15, -0.1) is 0 Å². The van der Waals surface area contributed by atoms with E-state index in [4.69, 9.17) is 9.47 Å². The highest BCUT2D eigenvalue weighted by molar-refractivity contribution is 5.69. The average molecular weight is 479 g/mol. The lowest BCUT2D eigenvalue weighted by Gasteiger charge is -2.58. The van der Waals surface area contributed by atoms with E-state index in [1.165, 1.54) is 5.56 Å². The van der Waals surface area contributed by atoms with Crippen LogP contribution in [0, 0.1) is 16.0 Å². The molecule has 5 rings (SSSR count). The third-order valence-electron chi connectivity index (χ3n) is 8.30. The second kappa shape index (κ2) is 9.88. The monoisotopic (exact) mass is 478 g/mol. The van der Waals surface area contributed by atoms with Crippen molar-refractivity contribution < 1.29 is 19.2 Å². The van der Waals surface area contributed by atoms with E-state index in [0.717, 1.165) is 56.1 Å². The number of carbonyl (C=O) groups is 1. The Kier molecular flexibility index (Phi) is 6.67. The maximum Gasteiger partial charge on any atom is 0.410 e. The van der Waals surface area contributed by atoms with E-state index < -0.39 is 0 Å². The second-order valence-electron chi connectivity index (χ2n) is 10.2. The van der Waals surface area contributed by atoms with Gasteiger partial charge in [0, 0.05) is 24.1 Å². The van der Waals surface area contributed by atoms with E-state index >= 15 is 0 Å². The molecule has 1 aliphatic heterocycles. The molecule has 0 N–H and O–H groups in total. The number of nitrogens with zero attached hydrogens (tertiary/aromatic N) is 2. The van der Waals surface area contributed by atoms with Crippen molar-refractivity contribution in [2.24, 2.45) is 5.92 Å². The molecule has 1 heterocycles. The first-order valence-corrected chi connectivity index (χ1v) is 13.0. The molecule has 0 radical (unpaired) electrons. The Morgan fingerprint density at radius 1 is 1.20 bits per heavy atom. The van der Waals surface area contributed by atoms with Gasteiger partial charge >= 0.3 is 11.8 Å². The largest absolute Gasteiger partial charge is 0.487 e. The first kappa shape index (κ1) is 23.6. The van der Waals surface area contributed by atoms with E-state index in [9.17, 15) is 14.9 Å². The Morgan fingerprint density at radius 3 is 2.80 bits per heavy atom. The maximum atomic E-state index is 13.2. The van der Waals surface area contributed by atoms with Gasteiger partial charge in [0.05, 0.1) is 11.5 Å². The molecule has 0 spiro atoms. The average Bonchev–Trinajstić information content (AvgIpc) is 2.88. The molecule has 1 saturated carbocycles. The Morgan fingerprint density at radius 2 is 2.03 bits per heavy atom. The van der Waals surface area contributed by atoms with Crippen LogP contribution in [0.5, 0.6) is 5.75 Å². The molecule has 7 heteroatoms. The van der Waals surface area contributed by atoms with Crippen LogP contribution in [0.4, 0.5) is 10.5 Å². The highest BCUT2D eigenvalue weighted by atomic mass is 16.6. The van der Waals surface area contributed by atoms with Crippen molar-refractivity contribution >= 4 is 11.8 Å². The molecule has 3 atom stereocenters. The predicted molar refractivity (Wildman–Crippen MR) is 133 cm³/mol. The van der Waals surface area contributed by atoms with E-state index in [-0.39, 0.29) is 34.8 Å². The van der Waals surface area contributed by atoms with Crippen molar-refractivity contribution in [1.82, 2.24) is 4.90 Å². The van der Waals surface area contributed by atoms with Crippen molar-refractivity contribution in [3.05, 3.63) is 69.3 Å². The van der Waals surface area contributed by atoms with Gasteiger partial charge in [-0.2, -0.15) is 0 Å². The fraction of sp³-hybridized carbons (Fsp3) is 0.536. The van der Waals surface area contributed by atoms with Gasteiger partial charge in [-0.1, -0.05) is 56.5 Å². The van der Waals surface area contributed by atoms with Crippen LogP contribution in [0.15, 0.2) is 42.5 Å². The molecule has 35 heavy (non-hydrogen) atoms. The maximum absolute atomic E-state index is 13.2. The summed E-state index contributed by atoms with van der Waals surface area (Å²) in [6, 6.07) is 13.4. The van der Waals surface area contributed by atoms with Crippen LogP contribution in [0.2, 0.25) is 0 Å². The minimum atomic E-state index is -0.339. The number of nitro benzene ring substituents is 1. The van der Waals surface area contributed by atoms with E-state index in [1.54, 1.807) is 6.07 Å². The van der Waals surface area contributed by atoms with Crippen molar-refractivity contribution in [3.8, 4) is 5.75 Å². The molecule has 7 nitrogen and oxygen atoms in total. The van der Waals surface area contributed by atoms with Crippen molar-refractivity contribution in [2.45, 2.75) is 76.4 Å². The molecule has 2 fully saturated rings. The van der Waals surface area contributed by atoms with E-state index in [2.05, 4.69) is 6.92 Å². The number of benzene rings is 2. The molecule has 0 aromatic heterocycles. The summed E-state index contributed by atoms with van der Waals surface area (Å²) in [6.45, 7) is 3.46. The number of hydrogen-bond donors (Lipinski definition) is 0. The molecule has 2 aromatic carbocycles. The highest BCUT2D eigenvalue weighted by Crippen LogP contribution is 2.57. The first-order valence-electron chi connectivity index (χ1n) is 13.0. The van der Waals surface area contributed by atoms with Crippen LogP contribution in [-0.4, -0.2) is 35.1 Å². The molecule has 186 valence electrons. The topological polar surface area (TPSA) is 81.9 Å². The van der Waals surface area contributed by atoms with Gasteiger partial charge in [-0.25, -0.2) is 4.79 Å². The molecule has 0 unspecified atom stereocenters. The molecular formula is C28H34N2O5. The van der Waals surface area contributed by atoms with Crippen LogP contribution in [0.3, 0.4) is 0 Å². The number of piperidine rings is 1. The fourth-order valence-corrected chi connectivity index (χ4v) is 6.64. The standard InChI is InChI=1S/C28H34N2O5/c1-2-3-15-34-26-18-23-21(17-25(26)30(32)33)16-24-22-11-7-8-12-28(22,23)13-14-29(24)27(31)35-19-20-9-5-4-6-10-20/h4-6,9-10,17-18,22,24H,2-3,7-8,11-16,19H2,1H3/t22-,24+,28+/m1/s1. The van der Waals surface area contributed by atoms with Crippen LogP contribution in [-0.2, 0) is 23.2 Å². The van der Waals surface area contributed by atoms with Crippen molar-refractivity contribution in [3.63, 3.8) is 0 Å². The third kappa shape index (κ3) is 4.37. The Balaban J connectivity index is 1.45. The number of fused-ring (bicyclic) bond motifs is 1. The van der Waals surface area contributed by atoms with Gasteiger partial charge in [-0.05, 0) is 60.8 Å². The van der Waals surface area contributed by atoms with Crippen molar-refractivity contribution in [1.29, 1.82) is 0 Å². The van der Waals surface area contributed by atoms with Gasteiger partial charge in [0.1, 0.15) is 6.61 Å². The first-order chi connectivity index (χ1) is 17.0. The number of nitro groups is 1. The zero-order valence-corrected chi connectivity index (χ0v) is 20.4. The van der Waals surface area contributed by atoms with Gasteiger partial charge in [0.2, 0.25) is 0 Å². The molecule has 3 aliphatic rings. The van der Waals surface area contributed by atoms with E-state index in [1.807, 2.05) is 41.3 Å². The van der Waals surface area contributed by atoms with E-state index in [0.29, 0.717) is 31.2 Å². The van der Waals surface area contributed by atoms with Gasteiger partial charge in [0.15, 0.2) is 5.75 Å². The number of rotatable bonds is 7. The number of carbonyl (C=O) groups excluding carboxylic acids is 1. The summed E-state index contributed by atoms with van der Waals surface area (Å²) < 4.78 is 11.6. The number of amides is 1. The smallest absolute Gasteiger partial charge is 0.410 e. The number of likely N-dealkylation sites (tertiary alicyclic amines) is 1. The lowest BCUT2D eigenvalue weighted by molar-refractivity contribution is -0.386. The van der Waals surface area contributed by atoms with Crippen LogP contribution in [0.1, 0.15) is 68.6 Å². The quantitative estimate of drug-likeness (QED) is 0.270. The SMILES string of the molecule is CCCCOc1cc2c(cc1[N+](=O)[O-])C[C@H]1[C@H]3CCCC[C@@]23CCN1C(=O)OCc1ccccc1. The Labute approximate surface area is 206 Å². The lowest BCUT2D eigenvalue weighted by Crippen LogP contribution is -2.62. The summed E-state index contributed by atoms with van der Waals surface area (Å²) in [5, 5.41) is 11.9. The normalized spacial score (nSPS) is 24.8. The summed E-state index contributed by atoms with van der Waals surface area (Å²) in [4.78, 5) is 26.7. The summed E-state index contributed by atoms with van der Waals surface area (Å²) in [6.07, 6.45) is 7.45. The summed E-state index contributed by atoms with van der Waals surface area (Å²) in [5.41, 5.74) is 3.15. The summed E-state index contributed by atoms with van der Waals surface area (Å²) >= 11 is 0. The highest BCUT2D eigenvalue weighted by Gasteiger charge is 2.55. The molecule has 2 aromatic rings. The minimum Gasteiger partial charge on any atom is -0.487 e. The van der Waals surface area contributed by atoms with Gasteiger partial charge in [-0.3, -0.25) is 10.1 Å².